The summed E-state index contributed by atoms with van der Waals surface area (Å²) in [6.07, 6.45) is 0.384. The molecule has 0 aliphatic carbocycles. The van der Waals surface area contributed by atoms with Crippen molar-refractivity contribution in [3.8, 4) is 11.5 Å². The molecule has 0 radical (unpaired) electrons. The van der Waals surface area contributed by atoms with Crippen molar-refractivity contribution in [1.82, 2.24) is 10.2 Å². The maximum atomic E-state index is 12.5. The predicted molar refractivity (Wildman–Crippen MR) is 97.5 cm³/mol. The standard InChI is InChI=1S/C19H24N2O7/c1-26-14-4-3-12(7-15(14)27-2)17(23)20-8-16(22)21-9-13-10-28-6-5-19(13,11-21)18(24)25/h3-4,7,13H,5-6,8-11H2,1-2H3,(H,20,23)(H,24,25)/t13-,19+/m0/s1. The summed E-state index contributed by atoms with van der Waals surface area (Å²) >= 11 is 0. The molecule has 9 nitrogen and oxygen atoms in total. The van der Waals surface area contributed by atoms with Gasteiger partial charge in [0.2, 0.25) is 5.91 Å². The van der Waals surface area contributed by atoms with Crippen molar-refractivity contribution in [2.75, 3.05) is 47.1 Å². The number of likely N-dealkylation sites (tertiary alicyclic amines) is 1. The average Bonchev–Trinajstić information content (AvgIpc) is 3.12. The van der Waals surface area contributed by atoms with Gasteiger partial charge >= 0.3 is 5.97 Å². The molecule has 2 amide bonds. The number of carbonyl (C=O) groups excluding carboxylic acids is 2. The van der Waals surface area contributed by atoms with E-state index in [0.717, 1.165) is 0 Å². The molecule has 1 aromatic rings. The van der Waals surface area contributed by atoms with Gasteiger partial charge in [-0.1, -0.05) is 0 Å². The van der Waals surface area contributed by atoms with E-state index in [1.54, 1.807) is 12.1 Å². The Morgan fingerprint density at radius 1 is 1.29 bits per heavy atom. The number of aliphatic carboxylic acids is 1. The molecule has 2 aliphatic rings. The highest BCUT2D eigenvalue weighted by Crippen LogP contribution is 2.42. The monoisotopic (exact) mass is 392 g/mol. The molecule has 28 heavy (non-hydrogen) atoms. The number of carboxylic acids is 1. The van der Waals surface area contributed by atoms with Gasteiger partial charge in [-0.3, -0.25) is 14.4 Å². The summed E-state index contributed by atoms with van der Waals surface area (Å²) in [5.74, 6) is -0.967. The highest BCUT2D eigenvalue weighted by atomic mass is 16.5. The number of benzene rings is 1. The maximum absolute atomic E-state index is 12.5. The van der Waals surface area contributed by atoms with Crippen LogP contribution in [0.2, 0.25) is 0 Å². The lowest BCUT2D eigenvalue weighted by atomic mass is 9.74. The number of methoxy groups -OCH3 is 2. The number of rotatable bonds is 6. The van der Waals surface area contributed by atoms with E-state index in [1.807, 2.05) is 0 Å². The summed E-state index contributed by atoms with van der Waals surface area (Å²) in [6.45, 7) is 0.949. The van der Waals surface area contributed by atoms with Crippen molar-refractivity contribution in [3.63, 3.8) is 0 Å². The van der Waals surface area contributed by atoms with E-state index in [2.05, 4.69) is 5.32 Å². The van der Waals surface area contributed by atoms with Crippen molar-refractivity contribution in [2.45, 2.75) is 6.42 Å². The maximum Gasteiger partial charge on any atom is 0.311 e. The van der Waals surface area contributed by atoms with E-state index in [-0.39, 0.29) is 24.9 Å². The number of carbonyl (C=O) groups is 3. The Morgan fingerprint density at radius 3 is 2.68 bits per heavy atom. The number of amides is 2. The normalized spacial score (nSPS) is 23.6. The van der Waals surface area contributed by atoms with Crippen LogP contribution in [0, 0.1) is 11.3 Å². The fourth-order valence-electron chi connectivity index (χ4n) is 3.84. The van der Waals surface area contributed by atoms with Crippen LogP contribution in [0.15, 0.2) is 18.2 Å². The molecule has 2 atom stereocenters. The molecule has 2 fully saturated rings. The Bertz CT molecular complexity index is 782. The van der Waals surface area contributed by atoms with E-state index in [0.29, 0.717) is 43.2 Å². The molecule has 0 unspecified atom stereocenters. The third kappa shape index (κ3) is 3.62. The van der Waals surface area contributed by atoms with E-state index < -0.39 is 17.3 Å². The molecule has 2 saturated heterocycles. The van der Waals surface area contributed by atoms with Gasteiger partial charge in [-0.15, -0.1) is 0 Å². The molecule has 2 N–H and O–H groups in total. The Morgan fingerprint density at radius 2 is 2.04 bits per heavy atom. The fourth-order valence-corrected chi connectivity index (χ4v) is 3.84. The summed E-state index contributed by atoms with van der Waals surface area (Å²) in [5.41, 5.74) is -0.627. The molecule has 152 valence electrons. The highest BCUT2D eigenvalue weighted by Gasteiger charge is 2.54. The first kappa shape index (κ1) is 19.9. The number of fused-ring (bicyclic) bond motifs is 1. The van der Waals surface area contributed by atoms with Gasteiger partial charge in [-0.05, 0) is 24.6 Å². The zero-order valence-corrected chi connectivity index (χ0v) is 15.9. The van der Waals surface area contributed by atoms with Gasteiger partial charge < -0.3 is 29.5 Å². The van der Waals surface area contributed by atoms with Gasteiger partial charge in [0.15, 0.2) is 11.5 Å². The van der Waals surface area contributed by atoms with E-state index in [4.69, 9.17) is 14.2 Å². The molecule has 3 rings (SSSR count). The second-order valence-corrected chi connectivity index (χ2v) is 7.01. The molecule has 9 heteroatoms. The van der Waals surface area contributed by atoms with Crippen LogP contribution in [-0.4, -0.2) is 74.9 Å². The molecule has 2 heterocycles. The number of nitrogens with one attached hydrogen (secondary N) is 1. The fraction of sp³-hybridized carbons (Fsp3) is 0.526. The summed E-state index contributed by atoms with van der Waals surface area (Å²) in [7, 11) is 2.97. The van der Waals surface area contributed by atoms with Crippen LogP contribution < -0.4 is 14.8 Å². The zero-order valence-electron chi connectivity index (χ0n) is 15.9. The molecule has 1 aromatic carbocycles. The Hall–Kier alpha value is -2.81. The van der Waals surface area contributed by atoms with Crippen molar-refractivity contribution < 1.29 is 33.7 Å². The topological polar surface area (TPSA) is 114 Å². The molecule has 0 aromatic heterocycles. The summed E-state index contributed by atoms with van der Waals surface area (Å²) in [6, 6.07) is 4.71. The first-order valence-electron chi connectivity index (χ1n) is 9.00. The van der Waals surface area contributed by atoms with Gasteiger partial charge in [0.1, 0.15) is 0 Å². The van der Waals surface area contributed by atoms with Gasteiger partial charge in [-0.25, -0.2) is 0 Å². The minimum absolute atomic E-state index is 0.140. The molecule has 0 spiro atoms. The second kappa shape index (κ2) is 8.05. The highest BCUT2D eigenvalue weighted by molar-refractivity contribution is 5.97. The van der Waals surface area contributed by atoms with Gasteiger partial charge in [-0.2, -0.15) is 0 Å². The van der Waals surface area contributed by atoms with Crippen LogP contribution in [0.1, 0.15) is 16.8 Å². The Labute approximate surface area is 162 Å². The van der Waals surface area contributed by atoms with Crippen LogP contribution >= 0.6 is 0 Å². The van der Waals surface area contributed by atoms with Crippen LogP contribution in [0.4, 0.5) is 0 Å². The lowest BCUT2D eigenvalue weighted by molar-refractivity contribution is -0.157. The van der Waals surface area contributed by atoms with Crippen LogP contribution in [0.25, 0.3) is 0 Å². The summed E-state index contributed by atoms with van der Waals surface area (Å²) in [4.78, 5) is 38.2. The molecule has 0 saturated carbocycles. The summed E-state index contributed by atoms with van der Waals surface area (Å²) in [5, 5.41) is 12.3. The summed E-state index contributed by atoms with van der Waals surface area (Å²) < 4.78 is 15.7. The second-order valence-electron chi connectivity index (χ2n) is 7.01. The van der Waals surface area contributed by atoms with E-state index in [1.165, 1.54) is 25.2 Å². The Kier molecular flexibility index (Phi) is 5.73. The van der Waals surface area contributed by atoms with Crippen molar-refractivity contribution in [1.29, 1.82) is 0 Å². The van der Waals surface area contributed by atoms with Gasteiger partial charge in [0, 0.05) is 31.2 Å². The van der Waals surface area contributed by atoms with Crippen LogP contribution in [0.3, 0.4) is 0 Å². The minimum Gasteiger partial charge on any atom is -0.493 e. The predicted octanol–water partition coefficient (Wildman–Crippen LogP) is 0.383. The van der Waals surface area contributed by atoms with Crippen molar-refractivity contribution >= 4 is 17.8 Å². The third-order valence-electron chi connectivity index (χ3n) is 5.53. The van der Waals surface area contributed by atoms with Crippen molar-refractivity contribution in [2.24, 2.45) is 11.3 Å². The van der Waals surface area contributed by atoms with Gasteiger partial charge in [0.25, 0.3) is 5.91 Å². The smallest absolute Gasteiger partial charge is 0.311 e. The largest absolute Gasteiger partial charge is 0.493 e. The quantitative estimate of drug-likeness (QED) is 0.719. The van der Waals surface area contributed by atoms with Crippen LogP contribution in [0.5, 0.6) is 11.5 Å². The number of nitrogens with zero attached hydrogens (tertiary/aromatic N) is 1. The number of ether oxygens (including phenoxy) is 3. The first-order chi connectivity index (χ1) is 13.4. The average molecular weight is 392 g/mol. The molecule has 0 bridgehead atoms. The van der Waals surface area contributed by atoms with E-state index in [9.17, 15) is 19.5 Å². The SMILES string of the molecule is COc1ccc(C(=O)NCC(=O)N2C[C@H]3COCC[C@@]3(C(=O)O)C2)cc1OC. The number of hydrogen-bond donors (Lipinski definition) is 2. The van der Waals surface area contributed by atoms with Crippen LogP contribution in [-0.2, 0) is 14.3 Å². The minimum atomic E-state index is -0.957. The first-order valence-corrected chi connectivity index (χ1v) is 9.00. The lowest BCUT2D eigenvalue weighted by Gasteiger charge is -2.33. The Balaban J connectivity index is 1.61. The van der Waals surface area contributed by atoms with E-state index >= 15 is 0 Å². The molecule has 2 aliphatic heterocycles. The lowest BCUT2D eigenvalue weighted by Crippen LogP contribution is -2.45. The third-order valence-corrected chi connectivity index (χ3v) is 5.53. The molecular weight excluding hydrogens is 368 g/mol. The van der Waals surface area contributed by atoms with Crippen molar-refractivity contribution in [3.05, 3.63) is 23.8 Å². The molecular formula is C19H24N2O7. The number of hydrogen-bond acceptors (Lipinski definition) is 6. The van der Waals surface area contributed by atoms with Gasteiger partial charge in [0.05, 0.1) is 32.8 Å². The zero-order chi connectivity index (χ0) is 20.3. The number of carboxylic acid groups (broad SMARTS) is 1.